The fourth-order valence-electron chi connectivity index (χ4n) is 2.24. The average molecular weight is 283 g/mol. The summed E-state index contributed by atoms with van der Waals surface area (Å²) in [6.07, 6.45) is 2.83. The molecule has 0 aliphatic carbocycles. The number of rotatable bonds is 2. The fourth-order valence-corrected chi connectivity index (χ4v) is 2.24. The van der Waals surface area contributed by atoms with Gasteiger partial charge in [-0.05, 0) is 42.7 Å². The van der Waals surface area contributed by atoms with Crippen molar-refractivity contribution in [2.75, 3.05) is 0 Å². The van der Waals surface area contributed by atoms with Gasteiger partial charge in [0.05, 0.1) is 5.52 Å². The van der Waals surface area contributed by atoms with E-state index in [-0.39, 0.29) is 5.41 Å². The van der Waals surface area contributed by atoms with Crippen molar-refractivity contribution in [3.8, 4) is 0 Å². The van der Waals surface area contributed by atoms with Gasteiger partial charge >= 0.3 is 5.97 Å². The maximum absolute atomic E-state index is 10.8. The third kappa shape index (κ3) is 3.13. The molecule has 0 atom stereocenters. The second-order valence-corrected chi connectivity index (χ2v) is 6.42. The first-order chi connectivity index (χ1) is 9.70. The Morgan fingerprint density at radius 3 is 2.48 bits per heavy atom. The summed E-state index contributed by atoms with van der Waals surface area (Å²) >= 11 is 0. The fraction of sp³-hybridized carbons (Fsp3) is 0.333. The molecule has 0 spiro atoms. The van der Waals surface area contributed by atoms with Crippen molar-refractivity contribution >= 4 is 22.9 Å². The Labute approximate surface area is 125 Å². The van der Waals surface area contributed by atoms with E-state index in [9.17, 15) is 4.79 Å². The van der Waals surface area contributed by atoms with Crippen molar-refractivity contribution in [3.63, 3.8) is 0 Å². The molecular weight excluding hydrogens is 262 g/mol. The minimum absolute atomic E-state index is 0.0871. The van der Waals surface area contributed by atoms with E-state index in [0.29, 0.717) is 0 Å². The topological polar surface area (TPSA) is 50.2 Å². The van der Waals surface area contributed by atoms with Crippen LogP contribution in [0.15, 0.2) is 24.3 Å². The average Bonchev–Trinajstić information content (AvgIpc) is 2.39. The smallest absolute Gasteiger partial charge is 0.328 e. The van der Waals surface area contributed by atoms with Crippen LogP contribution >= 0.6 is 0 Å². The number of aryl methyl sites for hydroxylation is 2. The lowest BCUT2D eigenvalue weighted by atomic mass is 9.89. The maximum Gasteiger partial charge on any atom is 0.328 e. The van der Waals surface area contributed by atoms with Crippen LogP contribution < -0.4 is 0 Å². The summed E-state index contributed by atoms with van der Waals surface area (Å²) in [4.78, 5) is 15.6. The first-order valence-electron chi connectivity index (χ1n) is 7.02. The second kappa shape index (κ2) is 5.32. The van der Waals surface area contributed by atoms with E-state index in [2.05, 4.69) is 34.6 Å². The summed E-state index contributed by atoms with van der Waals surface area (Å²) in [6, 6.07) is 6.05. The molecule has 0 saturated carbocycles. The zero-order chi connectivity index (χ0) is 15.8. The number of carboxylic acids is 1. The van der Waals surface area contributed by atoms with Crippen LogP contribution in [-0.2, 0) is 10.2 Å². The van der Waals surface area contributed by atoms with Crippen LogP contribution in [0.4, 0.5) is 0 Å². The van der Waals surface area contributed by atoms with E-state index < -0.39 is 5.97 Å². The van der Waals surface area contributed by atoms with Gasteiger partial charge in [-0.15, -0.1) is 0 Å². The molecule has 21 heavy (non-hydrogen) atoms. The molecule has 0 aliphatic rings. The first kappa shape index (κ1) is 15.2. The lowest BCUT2D eigenvalue weighted by Crippen LogP contribution is -2.14. The normalized spacial score (nSPS) is 12.2. The quantitative estimate of drug-likeness (QED) is 0.838. The van der Waals surface area contributed by atoms with Crippen LogP contribution in [-0.4, -0.2) is 16.1 Å². The highest BCUT2D eigenvalue weighted by Gasteiger charge is 2.18. The van der Waals surface area contributed by atoms with Gasteiger partial charge in [-0.25, -0.2) is 4.79 Å². The number of nitrogens with zero attached hydrogens (tertiary/aromatic N) is 1. The van der Waals surface area contributed by atoms with Gasteiger partial charge in [0.1, 0.15) is 0 Å². The van der Waals surface area contributed by atoms with Gasteiger partial charge in [-0.1, -0.05) is 32.9 Å². The van der Waals surface area contributed by atoms with Crippen molar-refractivity contribution in [3.05, 3.63) is 46.7 Å². The van der Waals surface area contributed by atoms with Gasteiger partial charge in [-0.2, -0.15) is 0 Å². The molecule has 1 heterocycles. The number of hydrogen-bond donors (Lipinski definition) is 1. The van der Waals surface area contributed by atoms with E-state index in [0.717, 1.165) is 27.7 Å². The van der Waals surface area contributed by atoms with Gasteiger partial charge < -0.3 is 5.11 Å². The Morgan fingerprint density at radius 2 is 1.90 bits per heavy atom. The summed E-state index contributed by atoms with van der Waals surface area (Å²) in [5.74, 6) is -0.943. The zero-order valence-electron chi connectivity index (χ0n) is 13.2. The first-order valence-corrected chi connectivity index (χ1v) is 7.02. The van der Waals surface area contributed by atoms with E-state index >= 15 is 0 Å². The standard InChI is InChI=1S/C18H21NO2/c1-11-6-8-14-13(7-9-16(20)21)10-15(18(3,4)5)19-17(14)12(11)2/h6-10H,1-5H3,(H,20,21)/b9-7+. The molecule has 0 saturated heterocycles. The van der Waals surface area contributed by atoms with Gasteiger partial charge in [-0.3, -0.25) is 4.98 Å². The Morgan fingerprint density at radius 1 is 1.24 bits per heavy atom. The predicted octanol–water partition coefficient (Wildman–Crippen LogP) is 4.25. The number of fused-ring (bicyclic) bond motifs is 1. The van der Waals surface area contributed by atoms with Gasteiger partial charge in [0.15, 0.2) is 0 Å². The lowest BCUT2D eigenvalue weighted by molar-refractivity contribution is -0.131. The second-order valence-electron chi connectivity index (χ2n) is 6.42. The van der Waals surface area contributed by atoms with E-state index in [1.165, 1.54) is 11.6 Å². The van der Waals surface area contributed by atoms with Gasteiger partial charge in [0.2, 0.25) is 0 Å². The van der Waals surface area contributed by atoms with Crippen LogP contribution in [0.2, 0.25) is 0 Å². The van der Waals surface area contributed by atoms with Crippen molar-refractivity contribution < 1.29 is 9.90 Å². The number of aromatic nitrogens is 1. The molecule has 0 amide bonds. The molecule has 2 aromatic rings. The monoisotopic (exact) mass is 283 g/mol. The van der Waals surface area contributed by atoms with Crippen molar-refractivity contribution in [2.24, 2.45) is 0 Å². The third-order valence-corrected chi connectivity index (χ3v) is 3.71. The van der Waals surface area contributed by atoms with Crippen molar-refractivity contribution in [1.82, 2.24) is 4.98 Å². The van der Waals surface area contributed by atoms with E-state index in [1.807, 2.05) is 18.2 Å². The highest BCUT2D eigenvalue weighted by molar-refractivity contribution is 5.94. The van der Waals surface area contributed by atoms with Crippen molar-refractivity contribution in [1.29, 1.82) is 0 Å². The van der Waals surface area contributed by atoms with Crippen molar-refractivity contribution in [2.45, 2.75) is 40.0 Å². The maximum atomic E-state index is 10.8. The van der Waals surface area contributed by atoms with E-state index in [4.69, 9.17) is 10.1 Å². The van der Waals surface area contributed by atoms with Crippen LogP contribution in [0.5, 0.6) is 0 Å². The highest BCUT2D eigenvalue weighted by atomic mass is 16.4. The molecule has 2 rings (SSSR count). The SMILES string of the molecule is Cc1ccc2c(/C=C/C(=O)O)cc(C(C)(C)C)nc2c1C. The number of benzene rings is 1. The Bertz CT molecular complexity index is 737. The zero-order valence-corrected chi connectivity index (χ0v) is 13.2. The molecule has 1 aromatic heterocycles. The molecule has 1 N–H and O–H groups in total. The largest absolute Gasteiger partial charge is 0.478 e. The minimum Gasteiger partial charge on any atom is -0.478 e. The molecule has 0 unspecified atom stereocenters. The molecule has 3 nitrogen and oxygen atoms in total. The molecule has 0 fully saturated rings. The molecule has 1 aromatic carbocycles. The third-order valence-electron chi connectivity index (χ3n) is 3.71. The minimum atomic E-state index is -0.943. The van der Waals surface area contributed by atoms with E-state index in [1.54, 1.807) is 6.08 Å². The lowest BCUT2D eigenvalue weighted by Gasteiger charge is -2.20. The molecule has 0 radical (unpaired) electrons. The number of carboxylic acid groups (broad SMARTS) is 1. The Kier molecular flexibility index (Phi) is 3.86. The summed E-state index contributed by atoms with van der Waals surface area (Å²) < 4.78 is 0. The van der Waals surface area contributed by atoms with Crippen LogP contribution in [0.3, 0.4) is 0 Å². The Balaban J connectivity index is 2.81. The molecular formula is C18H21NO2. The highest BCUT2D eigenvalue weighted by Crippen LogP contribution is 2.29. The number of carbonyl (C=O) groups is 1. The number of hydrogen-bond acceptors (Lipinski definition) is 2. The Hall–Kier alpha value is -2.16. The molecule has 110 valence electrons. The van der Waals surface area contributed by atoms with Crippen LogP contribution in [0.1, 0.15) is 43.2 Å². The van der Waals surface area contributed by atoms with Crippen LogP contribution in [0, 0.1) is 13.8 Å². The number of aliphatic carboxylic acids is 1. The molecule has 3 heteroatoms. The van der Waals surface area contributed by atoms with Gasteiger partial charge in [0.25, 0.3) is 0 Å². The number of pyridine rings is 1. The van der Waals surface area contributed by atoms with Gasteiger partial charge in [0, 0.05) is 22.6 Å². The summed E-state index contributed by atoms with van der Waals surface area (Å²) in [6.45, 7) is 10.4. The molecule has 0 aliphatic heterocycles. The summed E-state index contributed by atoms with van der Waals surface area (Å²) in [5.41, 5.74) is 5.06. The van der Waals surface area contributed by atoms with Crippen LogP contribution in [0.25, 0.3) is 17.0 Å². The summed E-state index contributed by atoms with van der Waals surface area (Å²) in [7, 11) is 0. The summed E-state index contributed by atoms with van der Waals surface area (Å²) in [5, 5.41) is 9.86. The molecule has 0 bridgehead atoms. The predicted molar refractivity (Wildman–Crippen MR) is 86.6 cm³/mol.